The number of para-hydroxylation sites is 2. The highest BCUT2D eigenvalue weighted by Gasteiger charge is 2.26. The van der Waals surface area contributed by atoms with Crippen LogP contribution >= 0.6 is 11.3 Å². The minimum Gasteiger partial charge on any atom is -0.508 e. The van der Waals surface area contributed by atoms with Crippen LogP contribution in [0.1, 0.15) is 12.8 Å². The number of benzene rings is 2. The summed E-state index contributed by atoms with van der Waals surface area (Å²) in [6.07, 6.45) is 2.44. The molecule has 0 amide bonds. The molecule has 3 heterocycles. The first-order valence-electron chi connectivity index (χ1n) is 10.2. The summed E-state index contributed by atoms with van der Waals surface area (Å²) < 4.78 is 12.9. The summed E-state index contributed by atoms with van der Waals surface area (Å²) in [7, 11) is 0. The minimum atomic E-state index is 0.0961. The van der Waals surface area contributed by atoms with Crippen molar-refractivity contribution in [2.45, 2.75) is 18.9 Å². The third-order valence-electron chi connectivity index (χ3n) is 5.65. The fourth-order valence-electron chi connectivity index (χ4n) is 4.03. The monoisotopic (exact) mass is 411 g/mol. The molecule has 1 aromatic heterocycles. The summed E-state index contributed by atoms with van der Waals surface area (Å²) in [6, 6.07) is 13.2. The van der Waals surface area contributed by atoms with Gasteiger partial charge < -0.3 is 19.9 Å². The van der Waals surface area contributed by atoms with Gasteiger partial charge >= 0.3 is 0 Å². The van der Waals surface area contributed by atoms with Crippen LogP contribution < -0.4 is 14.8 Å². The Kier molecular flexibility index (Phi) is 5.16. The first-order valence-corrected chi connectivity index (χ1v) is 11.0. The van der Waals surface area contributed by atoms with Crippen LogP contribution in [-0.4, -0.2) is 53.9 Å². The van der Waals surface area contributed by atoms with Gasteiger partial charge in [-0.05, 0) is 62.2 Å². The zero-order valence-electron chi connectivity index (χ0n) is 16.2. The number of fused-ring (bicyclic) bond motifs is 2. The average Bonchev–Trinajstić information content (AvgIpc) is 3.15. The lowest BCUT2D eigenvalue weighted by Gasteiger charge is -2.35. The second kappa shape index (κ2) is 8.08. The number of anilines is 1. The summed E-state index contributed by atoms with van der Waals surface area (Å²) in [5, 5.41) is 14.0. The van der Waals surface area contributed by atoms with E-state index in [0.717, 1.165) is 53.0 Å². The molecule has 0 saturated carbocycles. The van der Waals surface area contributed by atoms with Crippen molar-refractivity contribution in [3.05, 3.63) is 42.5 Å². The predicted octanol–water partition coefficient (Wildman–Crippen LogP) is 3.97. The molecule has 2 aromatic carbocycles. The Bertz CT molecular complexity index is 984. The van der Waals surface area contributed by atoms with Gasteiger partial charge in [0, 0.05) is 13.1 Å². The molecule has 1 saturated heterocycles. The van der Waals surface area contributed by atoms with E-state index in [4.69, 9.17) is 9.47 Å². The molecule has 6 nitrogen and oxygen atoms in total. The number of phenolic OH excluding ortho intramolecular Hbond substituents is 1. The third-order valence-corrected chi connectivity index (χ3v) is 6.63. The maximum Gasteiger partial charge on any atom is 0.183 e. The van der Waals surface area contributed by atoms with E-state index in [-0.39, 0.29) is 11.9 Å². The van der Waals surface area contributed by atoms with Crippen LogP contribution in [0.25, 0.3) is 10.2 Å². The topological polar surface area (TPSA) is 66.9 Å². The normalized spacial score (nSPS) is 20.1. The van der Waals surface area contributed by atoms with Gasteiger partial charge in [0.05, 0.1) is 10.2 Å². The van der Waals surface area contributed by atoms with E-state index in [1.807, 2.05) is 30.3 Å². The van der Waals surface area contributed by atoms with Gasteiger partial charge in [0.15, 0.2) is 16.6 Å². The summed E-state index contributed by atoms with van der Waals surface area (Å²) in [5.74, 6) is 2.64. The molecule has 3 aromatic rings. The van der Waals surface area contributed by atoms with Gasteiger partial charge in [0.2, 0.25) is 0 Å². The number of rotatable bonds is 5. The van der Waals surface area contributed by atoms with Crippen molar-refractivity contribution in [1.29, 1.82) is 0 Å². The molecular formula is C22H25N3O3S. The summed E-state index contributed by atoms with van der Waals surface area (Å²) in [5.41, 5.74) is 0.932. The van der Waals surface area contributed by atoms with E-state index in [1.54, 1.807) is 23.5 Å². The fourth-order valence-corrected chi connectivity index (χ4v) is 4.94. The lowest BCUT2D eigenvalue weighted by molar-refractivity contribution is 0.0485. The molecule has 2 N–H and O–H groups in total. The molecule has 0 aliphatic carbocycles. The van der Waals surface area contributed by atoms with Crippen molar-refractivity contribution < 1.29 is 14.6 Å². The van der Waals surface area contributed by atoms with Gasteiger partial charge in [-0.1, -0.05) is 23.5 Å². The molecule has 2 aliphatic heterocycles. The molecule has 29 heavy (non-hydrogen) atoms. The van der Waals surface area contributed by atoms with Crippen LogP contribution in [-0.2, 0) is 0 Å². The van der Waals surface area contributed by atoms with Gasteiger partial charge in [-0.2, -0.15) is 0 Å². The quantitative estimate of drug-likeness (QED) is 0.662. The number of nitrogens with zero attached hydrogens (tertiary/aromatic N) is 2. The number of ether oxygens (including phenoxy) is 2. The number of aromatic hydroxyl groups is 1. The summed E-state index contributed by atoms with van der Waals surface area (Å²) >= 11 is 1.60. The fraction of sp³-hybridized carbons (Fsp3) is 0.409. The number of phenols is 1. The second-order valence-corrected chi connectivity index (χ2v) is 8.82. The maximum absolute atomic E-state index is 9.60. The van der Waals surface area contributed by atoms with Gasteiger partial charge in [0.25, 0.3) is 0 Å². The molecule has 7 heteroatoms. The van der Waals surface area contributed by atoms with Crippen molar-refractivity contribution in [3.63, 3.8) is 0 Å². The number of hydrogen-bond donors (Lipinski definition) is 2. The van der Waals surface area contributed by atoms with Crippen molar-refractivity contribution in [3.8, 4) is 17.2 Å². The van der Waals surface area contributed by atoms with Gasteiger partial charge in [-0.3, -0.25) is 4.90 Å². The predicted molar refractivity (Wildman–Crippen MR) is 115 cm³/mol. The molecule has 5 rings (SSSR count). The Morgan fingerprint density at radius 2 is 1.97 bits per heavy atom. The Hall–Kier alpha value is -2.51. The Balaban J connectivity index is 1.08. The molecule has 2 aliphatic rings. The highest BCUT2D eigenvalue weighted by Crippen LogP contribution is 2.32. The molecule has 152 valence electrons. The Labute approximate surface area is 174 Å². The smallest absolute Gasteiger partial charge is 0.183 e. The molecule has 1 fully saturated rings. The molecule has 0 radical (unpaired) electrons. The lowest BCUT2D eigenvalue weighted by atomic mass is 9.96. The van der Waals surface area contributed by atoms with Gasteiger partial charge in [-0.25, -0.2) is 4.98 Å². The van der Waals surface area contributed by atoms with Crippen LogP contribution in [0, 0.1) is 5.92 Å². The van der Waals surface area contributed by atoms with Crippen LogP contribution in [0.3, 0.4) is 0 Å². The number of thiazole rings is 1. The number of aromatic nitrogens is 1. The number of piperidine rings is 1. The largest absolute Gasteiger partial charge is 0.508 e. The second-order valence-electron chi connectivity index (χ2n) is 7.79. The number of nitrogens with one attached hydrogen (secondary N) is 1. The lowest BCUT2D eigenvalue weighted by Crippen LogP contribution is -2.44. The number of hydrogen-bond acceptors (Lipinski definition) is 7. The third kappa shape index (κ3) is 4.26. The van der Waals surface area contributed by atoms with Crippen molar-refractivity contribution in [2.24, 2.45) is 5.92 Å². The van der Waals surface area contributed by atoms with Crippen molar-refractivity contribution in [1.82, 2.24) is 9.88 Å². The SMILES string of the molecule is Oc1ccc2nc(NCC3CCN(CC4COc5ccccc5O4)CC3)sc2c1. The summed E-state index contributed by atoms with van der Waals surface area (Å²) in [6.45, 7) is 4.64. The van der Waals surface area contributed by atoms with E-state index in [1.165, 1.54) is 12.8 Å². The van der Waals surface area contributed by atoms with Gasteiger partial charge in [0.1, 0.15) is 18.5 Å². The zero-order chi connectivity index (χ0) is 19.6. The molecule has 1 atom stereocenters. The standard InChI is InChI=1S/C22H25N3O3S/c26-16-5-6-18-21(11-16)29-22(24-18)23-12-15-7-9-25(10-8-15)13-17-14-27-19-3-1-2-4-20(19)28-17/h1-6,11,15,17,26H,7-10,12-14H2,(H,23,24). The number of likely N-dealkylation sites (tertiary alicyclic amines) is 1. The van der Waals surface area contributed by atoms with Crippen LogP contribution in [0.5, 0.6) is 17.2 Å². The van der Waals surface area contributed by atoms with E-state index in [2.05, 4.69) is 15.2 Å². The van der Waals surface area contributed by atoms with E-state index in [0.29, 0.717) is 12.5 Å². The Morgan fingerprint density at radius 1 is 1.14 bits per heavy atom. The van der Waals surface area contributed by atoms with E-state index in [9.17, 15) is 5.11 Å². The van der Waals surface area contributed by atoms with Gasteiger partial charge in [-0.15, -0.1) is 0 Å². The van der Waals surface area contributed by atoms with Crippen LogP contribution in [0.15, 0.2) is 42.5 Å². The van der Waals surface area contributed by atoms with Crippen molar-refractivity contribution >= 4 is 26.7 Å². The maximum atomic E-state index is 9.60. The van der Waals surface area contributed by atoms with E-state index >= 15 is 0 Å². The summed E-state index contributed by atoms with van der Waals surface area (Å²) in [4.78, 5) is 7.09. The zero-order valence-corrected chi connectivity index (χ0v) is 17.0. The van der Waals surface area contributed by atoms with Crippen LogP contribution in [0.2, 0.25) is 0 Å². The average molecular weight is 412 g/mol. The molecule has 1 unspecified atom stereocenters. The van der Waals surface area contributed by atoms with E-state index < -0.39 is 0 Å². The highest BCUT2D eigenvalue weighted by molar-refractivity contribution is 7.22. The minimum absolute atomic E-state index is 0.0961. The molecule has 0 spiro atoms. The molecule has 0 bridgehead atoms. The van der Waals surface area contributed by atoms with Crippen LogP contribution in [0.4, 0.5) is 5.13 Å². The first-order chi connectivity index (χ1) is 14.2. The van der Waals surface area contributed by atoms with Crippen molar-refractivity contribution in [2.75, 3.05) is 38.1 Å². The Morgan fingerprint density at radius 3 is 2.83 bits per heavy atom. The highest BCUT2D eigenvalue weighted by atomic mass is 32.1. The molecular weight excluding hydrogens is 386 g/mol. The first kappa shape index (κ1) is 18.5.